The van der Waals surface area contributed by atoms with E-state index in [-0.39, 0.29) is 5.41 Å². The largest absolute Gasteiger partial charge is 0.481 e. The number of allylic oxidation sites excluding steroid dienone is 2. The number of carboxylic acids is 1. The van der Waals surface area contributed by atoms with Crippen molar-refractivity contribution in [1.82, 2.24) is 0 Å². The first kappa shape index (κ1) is 8.31. The summed E-state index contributed by atoms with van der Waals surface area (Å²) >= 11 is 0. The highest BCUT2D eigenvalue weighted by molar-refractivity contribution is 5.67. The molecule has 0 aromatic carbocycles. The van der Waals surface area contributed by atoms with E-state index in [2.05, 4.69) is 26.0 Å². The molecule has 0 amide bonds. The van der Waals surface area contributed by atoms with Gasteiger partial charge in [0, 0.05) is 6.42 Å². The Bertz CT molecular complexity index is 192. The molecule has 1 atom stereocenters. The molecule has 0 bridgehead atoms. The van der Waals surface area contributed by atoms with Crippen molar-refractivity contribution < 1.29 is 9.90 Å². The second-order valence-electron chi connectivity index (χ2n) is 3.75. The average molecular weight is 154 g/mol. The first-order valence-electron chi connectivity index (χ1n) is 3.92. The molecule has 2 heteroatoms. The van der Waals surface area contributed by atoms with E-state index in [4.69, 9.17) is 5.11 Å². The molecule has 0 saturated heterocycles. The second kappa shape index (κ2) is 2.68. The lowest BCUT2D eigenvalue weighted by Crippen LogP contribution is -2.20. The number of carbonyl (C=O) groups is 1. The van der Waals surface area contributed by atoms with Gasteiger partial charge in [0.1, 0.15) is 0 Å². The quantitative estimate of drug-likeness (QED) is 0.618. The molecule has 0 saturated carbocycles. The minimum atomic E-state index is -0.688. The molecule has 1 rings (SSSR count). The van der Waals surface area contributed by atoms with Gasteiger partial charge in [-0.2, -0.15) is 0 Å². The van der Waals surface area contributed by atoms with Crippen LogP contribution in [0.4, 0.5) is 0 Å². The van der Waals surface area contributed by atoms with Crippen molar-refractivity contribution in [3.63, 3.8) is 0 Å². The summed E-state index contributed by atoms with van der Waals surface area (Å²) in [5.41, 5.74) is 0.0817. The van der Waals surface area contributed by atoms with Gasteiger partial charge in [0.15, 0.2) is 0 Å². The van der Waals surface area contributed by atoms with Gasteiger partial charge < -0.3 is 5.11 Å². The molecule has 0 aliphatic heterocycles. The molecule has 1 unspecified atom stereocenters. The van der Waals surface area contributed by atoms with Crippen LogP contribution in [0.1, 0.15) is 26.7 Å². The summed E-state index contributed by atoms with van der Waals surface area (Å²) in [4.78, 5) is 10.4. The maximum absolute atomic E-state index is 10.4. The van der Waals surface area contributed by atoms with E-state index in [1.807, 2.05) is 0 Å². The SMILES string of the molecule is CC1(C)C=CCC1CC(=O)O. The lowest BCUT2D eigenvalue weighted by atomic mass is 9.80. The molecule has 1 N–H and O–H groups in total. The smallest absolute Gasteiger partial charge is 0.303 e. The Balaban J connectivity index is 2.55. The predicted molar refractivity (Wildman–Crippen MR) is 43.3 cm³/mol. The zero-order valence-corrected chi connectivity index (χ0v) is 7.00. The van der Waals surface area contributed by atoms with Crippen molar-refractivity contribution in [2.75, 3.05) is 0 Å². The van der Waals surface area contributed by atoms with Gasteiger partial charge in [0.25, 0.3) is 0 Å². The maximum atomic E-state index is 10.4. The second-order valence-corrected chi connectivity index (χ2v) is 3.75. The normalized spacial score (nSPS) is 27.3. The van der Waals surface area contributed by atoms with Crippen LogP contribution in [0.3, 0.4) is 0 Å². The molecule has 0 aromatic heterocycles. The van der Waals surface area contributed by atoms with E-state index in [9.17, 15) is 4.79 Å². The molecule has 2 nitrogen and oxygen atoms in total. The third-order valence-electron chi connectivity index (χ3n) is 2.44. The third kappa shape index (κ3) is 1.82. The molecular weight excluding hydrogens is 140 g/mol. The molecule has 0 heterocycles. The summed E-state index contributed by atoms with van der Waals surface area (Å²) in [5.74, 6) is -0.397. The molecule has 0 aromatic rings. The first-order valence-corrected chi connectivity index (χ1v) is 3.92. The van der Waals surface area contributed by atoms with Crippen LogP contribution in [0.25, 0.3) is 0 Å². The molecule has 0 radical (unpaired) electrons. The van der Waals surface area contributed by atoms with Gasteiger partial charge in [-0.1, -0.05) is 26.0 Å². The molecule has 11 heavy (non-hydrogen) atoms. The zero-order valence-electron chi connectivity index (χ0n) is 7.00. The van der Waals surface area contributed by atoms with Crippen molar-refractivity contribution in [1.29, 1.82) is 0 Å². The van der Waals surface area contributed by atoms with Gasteiger partial charge in [0.2, 0.25) is 0 Å². The van der Waals surface area contributed by atoms with E-state index in [0.717, 1.165) is 6.42 Å². The van der Waals surface area contributed by atoms with Gasteiger partial charge in [0.05, 0.1) is 0 Å². The lowest BCUT2D eigenvalue weighted by Gasteiger charge is -2.24. The summed E-state index contributed by atoms with van der Waals surface area (Å²) in [6.07, 6.45) is 5.40. The van der Waals surface area contributed by atoms with Gasteiger partial charge in [-0.15, -0.1) is 0 Å². The Morgan fingerprint density at radius 3 is 2.73 bits per heavy atom. The Morgan fingerprint density at radius 1 is 1.73 bits per heavy atom. The van der Waals surface area contributed by atoms with E-state index in [0.29, 0.717) is 12.3 Å². The van der Waals surface area contributed by atoms with Gasteiger partial charge in [-0.05, 0) is 17.8 Å². The monoisotopic (exact) mass is 154 g/mol. The molecule has 0 fully saturated rings. The van der Waals surface area contributed by atoms with Crippen molar-refractivity contribution >= 4 is 5.97 Å². The Morgan fingerprint density at radius 2 is 2.36 bits per heavy atom. The maximum Gasteiger partial charge on any atom is 0.303 e. The molecular formula is C9H14O2. The van der Waals surface area contributed by atoms with Gasteiger partial charge in [-0.25, -0.2) is 0 Å². The summed E-state index contributed by atoms with van der Waals surface area (Å²) in [6.45, 7) is 4.17. The fraction of sp³-hybridized carbons (Fsp3) is 0.667. The summed E-state index contributed by atoms with van der Waals surface area (Å²) < 4.78 is 0. The van der Waals surface area contributed by atoms with Crippen LogP contribution in [-0.2, 0) is 4.79 Å². The highest BCUT2D eigenvalue weighted by Gasteiger charge is 2.31. The fourth-order valence-electron chi connectivity index (χ4n) is 1.53. The Hall–Kier alpha value is -0.790. The number of hydrogen-bond donors (Lipinski definition) is 1. The highest BCUT2D eigenvalue weighted by atomic mass is 16.4. The van der Waals surface area contributed by atoms with Gasteiger partial charge >= 0.3 is 5.97 Å². The summed E-state index contributed by atoms with van der Waals surface area (Å²) in [6, 6.07) is 0. The Kier molecular flexibility index (Phi) is 2.03. The molecule has 62 valence electrons. The Labute approximate surface area is 66.9 Å². The van der Waals surface area contributed by atoms with E-state index in [1.54, 1.807) is 0 Å². The average Bonchev–Trinajstić information content (AvgIpc) is 2.10. The van der Waals surface area contributed by atoms with Crippen molar-refractivity contribution in [3.8, 4) is 0 Å². The van der Waals surface area contributed by atoms with Crippen LogP contribution in [0.5, 0.6) is 0 Å². The predicted octanol–water partition coefficient (Wildman–Crippen LogP) is 2.06. The third-order valence-corrected chi connectivity index (χ3v) is 2.44. The fourth-order valence-corrected chi connectivity index (χ4v) is 1.53. The van der Waals surface area contributed by atoms with Crippen LogP contribution in [0.2, 0.25) is 0 Å². The number of carboxylic acid groups (broad SMARTS) is 1. The van der Waals surface area contributed by atoms with E-state index >= 15 is 0 Å². The van der Waals surface area contributed by atoms with E-state index < -0.39 is 5.97 Å². The topological polar surface area (TPSA) is 37.3 Å². The highest BCUT2D eigenvalue weighted by Crippen LogP contribution is 2.38. The van der Waals surface area contributed by atoms with Crippen molar-refractivity contribution in [3.05, 3.63) is 12.2 Å². The minimum Gasteiger partial charge on any atom is -0.481 e. The van der Waals surface area contributed by atoms with Crippen LogP contribution in [0, 0.1) is 11.3 Å². The van der Waals surface area contributed by atoms with Crippen LogP contribution in [0.15, 0.2) is 12.2 Å². The van der Waals surface area contributed by atoms with Gasteiger partial charge in [-0.3, -0.25) is 4.79 Å². The number of aliphatic carboxylic acids is 1. The molecule has 0 spiro atoms. The number of hydrogen-bond acceptors (Lipinski definition) is 1. The minimum absolute atomic E-state index is 0.0817. The standard InChI is InChI=1S/C9H14O2/c1-9(2)5-3-4-7(9)6-8(10)11/h3,5,7H,4,6H2,1-2H3,(H,10,11). The van der Waals surface area contributed by atoms with E-state index in [1.165, 1.54) is 0 Å². The first-order chi connectivity index (χ1) is 5.02. The van der Waals surface area contributed by atoms with Crippen molar-refractivity contribution in [2.24, 2.45) is 11.3 Å². The van der Waals surface area contributed by atoms with Crippen LogP contribution < -0.4 is 0 Å². The van der Waals surface area contributed by atoms with Crippen molar-refractivity contribution in [2.45, 2.75) is 26.7 Å². The van der Waals surface area contributed by atoms with Crippen LogP contribution >= 0.6 is 0 Å². The summed E-state index contributed by atoms with van der Waals surface area (Å²) in [7, 11) is 0. The molecule has 1 aliphatic carbocycles. The number of rotatable bonds is 2. The van der Waals surface area contributed by atoms with Crippen LogP contribution in [-0.4, -0.2) is 11.1 Å². The summed E-state index contributed by atoms with van der Waals surface area (Å²) in [5, 5.41) is 8.58. The zero-order chi connectivity index (χ0) is 8.48. The lowest BCUT2D eigenvalue weighted by molar-refractivity contribution is -0.138. The molecule has 1 aliphatic rings.